The van der Waals surface area contributed by atoms with Crippen LogP contribution in [0.4, 0.5) is 11.4 Å². The number of benzene rings is 3. The molecular formula is C28H26N4O4. The molecule has 0 bridgehead atoms. The minimum absolute atomic E-state index is 0.180. The first-order valence-electron chi connectivity index (χ1n) is 11.4. The Balaban J connectivity index is 1.59. The normalized spacial score (nSPS) is 10.6. The number of fused-ring (bicyclic) bond motifs is 1. The van der Waals surface area contributed by atoms with Gasteiger partial charge in [-0.2, -0.15) is 0 Å². The Labute approximate surface area is 208 Å². The van der Waals surface area contributed by atoms with Gasteiger partial charge in [-0.3, -0.25) is 14.6 Å². The Morgan fingerprint density at radius 2 is 1.64 bits per heavy atom. The Morgan fingerprint density at radius 3 is 2.39 bits per heavy atom. The van der Waals surface area contributed by atoms with Gasteiger partial charge in [0.2, 0.25) is 0 Å². The summed E-state index contributed by atoms with van der Waals surface area (Å²) in [6.45, 7) is 0.855. The second-order valence-corrected chi connectivity index (χ2v) is 8.13. The number of ether oxygens (including phenoxy) is 1. The number of amides is 2. The van der Waals surface area contributed by atoms with Gasteiger partial charge in [0, 0.05) is 17.3 Å². The Bertz CT molecular complexity index is 1420. The lowest BCUT2D eigenvalue weighted by Gasteiger charge is -2.13. The molecule has 0 atom stereocenters. The lowest BCUT2D eigenvalue weighted by atomic mass is 10.1. The number of likely N-dealkylation sites (N-methyl/N-ethyl adjacent to an activating group) is 1. The topological polar surface area (TPSA) is 109 Å². The molecule has 1 heterocycles. The maximum atomic E-state index is 13.1. The van der Waals surface area contributed by atoms with Crippen molar-refractivity contribution in [1.82, 2.24) is 10.3 Å². The van der Waals surface area contributed by atoms with Crippen molar-refractivity contribution >= 4 is 40.1 Å². The lowest BCUT2D eigenvalue weighted by molar-refractivity contribution is 0.0600. The van der Waals surface area contributed by atoms with E-state index in [0.29, 0.717) is 11.3 Å². The molecule has 8 nitrogen and oxygen atoms in total. The van der Waals surface area contributed by atoms with E-state index < -0.39 is 17.8 Å². The molecular weight excluding hydrogens is 456 g/mol. The van der Waals surface area contributed by atoms with Crippen molar-refractivity contribution in [3.63, 3.8) is 0 Å². The van der Waals surface area contributed by atoms with Crippen molar-refractivity contribution in [2.45, 2.75) is 6.42 Å². The number of pyridine rings is 1. The molecule has 0 aliphatic carbocycles. The molecule has 0 fully saturated rings. The molecule has 0 saturated carbocycles. The van der Waals surface area contributed by atoms with E-state index in [0.717, 1.165) is 29.4 Å². The number of carbonyl (C=O) groups is 3. The predicted molar refractivity (Wildman–Crippen MR) is 140 cm³/mol. The van der Waals surface area contributed by atoms with Gasteiger partial charge < -0.3 is 20.7 Å². The number of para-hydroxylation sites is 1. The first-order chi connectivity index (χ1) is 17.5. The van der Waals surface area contributed by atoms with Crippen LogP contribution in [0.15, 0.2) is 79.0 Å². The molecule has 36 heavy (non-hydrogen) atoms. The molecule has 0 aliphatic rings. The highest BCUT2D eigenvalue weighted by atomic mass is 16.5. The molecule has 3 N–H and O–H groups in total. The van der Waals surface area contributed by atoms with E-state index in [1.807, 2.05) is 55.6 Å². The van der Waals surface area contributed by atoms with Crippen LogP contribution in [0.2, 0.25) is 0 Å². The van der Waals surface area contributed by atoms with Gasteiger partial charge in [-0.05, 0) is 68.0 Å². The highest BCUT2D eigenvalue weighted by molar-refractivity contribution is 6.13. The van der Waals surface area contributed by atoms with Crippen LogP contribution in [0.5, 0.6) is 0 Å². The second kappa shape index (κ2) is 11.2. The fourth-order valence-electron chi connectivity index (χ4n) is 3.70. The van der Waals surface area contributed by atoms with Crippen molar-refractivity contribution in [3.05, 3.63) is 101 Å². The van der Waals surface area contributed by atoms with E-state index in [9.17, 15) is 14.4 Å². The number of anilines is 2. The smallest absolute Gasteiger partial charge is 0.337 e. The van der Waals surface area contributed by atoms with Crippen LogP contribution < -0.4 is 16.0 Å². The maximum Gasteiger partial charge on any atom is 0.337 e. The number of nitrogens with one attached hydrogen (secondary N) is 3. The fraction of sp³-hybridized carbons (Fsp3) is 0.143. The number of esters is 1. The second-order valence-electron chi connectivity index (χ2n) is 8.13. The summed E-state index contributed by atoms with van der Waals surface area (Å²) in [7, 11) is 3.16. The summed E-state index contributed by atoms with van der Waals surface area (Å²) >= 11 is 0. The number of hydrogen-bond acceptors (Lipinski definition) is 6. The van der Waals surface area contributed by atoms with Crippen molar-refractivity contribution in [2.24, 2.45) is 0 Å². The molecule has 182 valence electrons. The number of methoxy groups -OCH3 is 1. The number of hydrogen-bond donors (Lipinski definition) is 3. The summed E-state index contributed by atoms with van der Waals surface area (Å²) in [4.78, 5) is 42.6. The minimum Gasteiger partial charge on any atom is -0.465 e. The zero-order valence-corrected chi connectivity index (χ0v) is 20.0. The third-order valence-corrected chi connectivity index (χ3v) is 5.66. The highest BCUT2D eigenvalue weighted by Crippen LogP contribution is 2.22. The van der Waals surface area contributed by atoms with Crippen LogP contribution in [0.1, 0.15) is 36.6 Å². The molecule has 0 saturated heterocycles. The molecule has 8 heteroatoms. The van der Waals surface area contributed by atoms with Gasteiger partial charge in [0.25, 0.3) is 11.8 Å². The number of nitrogens with zero attached hydrogens (tertiary/aromatic N) is 1. The fourth-order valence-corrected chi connectivity index (χ4v) is 3.70. The van der Waals surface area contributed by atoms with Crippen LogP contribution >= 0.6 is 0 Å². The minimum atomic E-state index is -0.581. The van der Waals surface area contributed by atoms with Crippen LogP contribution in [0, 0.1) is 0 Å². The van der Waals surface area contributed by atoms with Gasteiger partial charge in [0.15, 0.2) is 0 Å². The number of carbonyl (C=O) groups excluding carboxylic acids is 3. The Morgan fingerprint density at radius 1 is 0.861 bits per heavy atom. The quantitative estimate of drug-likeness (QED) is 0.323. The van der Waals surface area contributed by atoms with Crippen molar-refractivity contribution in [2.75, 3.05) is 31.3 Å². The first-order valence-corrected chi connectivity index (χ1v) is 11.4. The average molecular weight is 483 g/mol. The van der Waals surface area contributed by atoms with Gasteiger partial charge in [0.05, 0.1) is 35.0 Å². The van der Waals surface area contributed by atoms with Gasteiger partial charge >= 0.3 is 5.97 Å². The summed E-state index contributed by atoms with van der Waals surface area (Å²) in [5.74, 6) is -1.47. The van der Waals surface area contributed by atoms with Crippen LogP contribution in [0.25, 0.3) is 10.9 Å². The largest absolute Gasteiger partial charge is 0.465 e. The maximum absolute atomic E-state index is 13.1. The molecule has 0 radical (unpaired) electrons. The monoisotopic (exact) mass is 482 g/mol. The van der Waals surface area contributed by atoms with E-state index in [1.54, 1.807) is 6.07 Å². The third kappa shape index (κ3) is 5.73. The van der Waals surface area contributed by atoms with Crippen molar-refractivity contribution < 1.29 is 19.1 Å². The molecule has 2 amide bonds. The number of rotatable bonds is 8. The average Bonchev–Trinajstić information content (AvgIpc) is 2.91. The summed E-state index contributed by atoms with van der Waals surface area (Å²) in [5, 5.41) is 9.51. The first kappa shape index (κ1) is 24.6. The van der Waals surface area contributed by atoms with E-state index in [1.165, 1.54) is 31.5 Å². The van der Waals surface area contributed by atoms with Gasteiger partial charge in [-0.25, -0.2) is 4.79 Å². The molecule has 3 aromatic carbocycles. The van der Waals surface area contributed by atoms with E-state index in [4.69, 9.17) is 4.74 Å². The number of aromatic nitrogens is 1. The van der Waals surface area contributed by atoms with Crippen molar-refractivity contribution in [3.8, 4) is 0 Å². The van der Waals surface area contributed by atoms with Gasteiger partial charge in [0.1, 0.15) is 0 Å². The lowest BCUT2D eigenvalue weighted by Crippen LogP contribution is -2.19. The Hall–Kier alpha value is -4.56. The van der Waals surface area contributed by atoms with E-state index >= 15 is 0 Å². The van der Waals surface area contributed by atoms with Gasteiger partial charge in [-0.1, -0.05) is 30.3 Å². The van der Waals surface area contributed by atoms with E-state index in [-0.39, 0.29) is 16.8 Å². The highest BCUT2D eigenvalue weighted by Gasteiger charge is 2.18. The van der Waals surface area contributed by atoms with E-state index in [2.05, 4.69) is 20.9 Å². The zero-order chi connectivity index (χ0) is 25.5. The predicted octanol–water partition coefficient (Wildman–Crippen LogP) is 4.29. The summed E-state index contributed by atoms with van der Waals surface area (Å²) in [6, 6.07) is 21.1. The summed E-state index contributed by atoms with van der Waals surface area (Å²) in [5.41, 5.74) is 3.42. The van der Waals surface area contributed by atoms with Crippen LogP contribution in [0.3, 0.4) is 0 Å². The summed E-state index contributed by atoms with van der Waals surface area (Å²) < 4.78 is 4.80. The van der Waals surface area contributed by atoms with Crippen LogP contribution in [-0.2, 0) is 11.2 Å². The molecule has 1 aromatic heterocycles. The molecule has 0 aliphatic heterocycles. The molecule has 0 unspecified atom stereocenters. The molecule has 4 rings (SSSR count). The van der Waals surface area contributed by atoms with Gasteiger partial charge in [-0.15, -0.1) is 0 Å². The standard InChI is InChI=1S/C28H26N4O4/c1-29-14-13-18-7-10-22(11-8-18)31-27(34)23-12-9-20(28(35)36-2)16-25(23)32-26(33)21-15-19-5-3-4-6-24(19)30-17-21/h3-12,15-17,29H,13-14H2,1-2H3,(H,31,34)(H,32,33). The SMILES string of the molecule is CNCCc1ccc(NC(=O)c2ccc(C(=O)OC)cc2NC(=O)c2cnc3ccccc3c2)cc1. The Kier molecular flexibility index (Phi) is 7.67. The molecule has 0 spiro atoms. The van der Waals surface area contributed by atoms with Crippen molar-refractivity contribution in [1.29, 1.82) is 0 Å². The molecule has 4 aromatic rings. The van der Waals surface area contributed by atoms with Crippen LogP contribution in [-0.4, -0.2) is 43.5 Å². The summed E-state index contributed by atoms with van der Waals surface area (Å²) in [6.07, 6.45) is 2.34. The third-order valence-electron chi connectivity index (χ3n) is 5.66. The zero-order valence-electron chi connectivity index (χ0n) is 20.0.